The van der Waals surface area contributed by atoms with Gasteiger partial charge in [-0.2, -0.15) is 5.10 Å². The first-order valence-corrected chi connectivity index (χ1v) is 11.9. The summed E-state index contributed by atoms with van der Waals surface area (Å²) in [5.74, 6) is -0.334. The van der Waals surface area contributed by atoms with Crippen LogP contribution in [0, 0.1) is 0 Å². The number of anilines is 1. The first-order chi connectivity index (χ1) is 17.9. The zero-order chi connectivity index (χ0) is 26.0. The van der Waals surface area contributed by atoms with E-state index in [0.717, 1.165) is 33.4 Å². The highest BCUT2D eigenvalue weighted by atomic mass is 16.6. The minimum absolute atomic E-state index is 0.191. The van der Waals surface area contributed by atoms with Gasteiger partial charge in [0.15, 0.2) is 0 Å². The normalized spacial score (nSPS) is 14.9. The van der Waals surface area contributed by atoms with Crippen molar-refractivity contribution in [2.45, 2.75) is 18.4 Å². The van der Waals surface area contributed by atoms with E-state index in [1.165, 1.54) is 0 Å². The van der Waals surface area contributed by atoms with Crippen LogP contribution in [0.5, 0.6) is 0 Å². The quantitative estimate of drug-likeness (QED) is 0.354. The van der Waals surface area contributed by atoms with Crippen LogP contribution >= 0.6 is 0 Å². The zero-order valence-electron chi connectivity index (χ0n) is 20.5. The van der Waals surface area contributed by atoms with Gasteiger partial charge in [0, 0.05) is 12.6 Å². The average molecular weight is 498 g/mol. The van der Waals surface area contributed by atoms with Gasteiger partial charge in [0.1, 0.15) is 17.3 Å². The topological polar surface area (TPSA) is 103 Å². The van der Waals surface area contributed by atoms with Crippen molar-refractivity contribution < 1.29 is 24.2 Å². The summed E-state index contributed by atoms with van der Waals surface area (Å²) in [6, 6.07) is 25.0. The molecule has 1 aromatic heterocycles. The van der Waals surface area contributed by atoms with Crippen LogP contribution in [0.1, 0.15) is 24.2 Å². The Balaban J connectivity index is 1.30. The number of nitrogens with zero attached hydrogens (tertiary/aromatic N) is 2. The first-order valence-electron chi connectivity index (χ1n) is 11.9. The van der Waals surface area contributed by atoms with Gasteiger partial charge in [-0.05, 0) is 34.7 Å². The van der Waals surface area contributed by atoms with Gasteiger partial charge in [0.25, 0.3) is 0 Å². The fraction of sp³-hybridized carbons (Fsp3) is 0.207. The largest absolute Gasteiger partial charge is 0.480 e. The van der Waals surface area contributed by atoms with Crippen LogP contribution in [0.4, 0.5) is 10.6 Å². The lowest BCUT2D eigenvalue weighted by molar-refractivity contribution is -0.163. The number of aliphatic carboxylic acids is 1. The molecule has 1 amide bonds. The maximum atomic E-state index is 12.6. The van der Waals surface area contributed by atoms with Crippen molar-refractivity contribution in [3.8, 4) is 22.3 Å². The number of hydrogen-bond acceptors (Lipinski definition) is 5. The van der Waals surface area contributed by atoms with Gasteiger partial charge in [-0.15, -0.1) is 0 Å². The lowest BCUT2D eigenvalue weighted by Crippen LogP contribution is -2.53. The van der Waals surface area contributed by atoms with Crippen molar-refractivity contribution in [3.05, 3.63) is 96.2 Å². The molecule has 1 aliphatic heterocycles. The van der Waals surface area contributed by atoms with Crippen molar-refractivity contribution in [2.24, 2.45) is 7.05 Å². The summed E-state index contributed by atoms with van der Waals surface area (Å²) in [5, 5.41) is 16.8. The van der Waals surface area contributed by atoms with Crippen molar-refractivity contribution in [1.82, 2.24) is 9.78 Å². The molecule has 1 unspecified atom stereocenters. The van der Waals surface area contributed by atoms with Crippen LogP contribution < -0.4 is 5.32 Å². The molecule has 1 saturated heterocycles. The second-order valence-electron chi connectivity index (χ2n) is 9.15. The highest BCUT2D eigenvalue weighted by Crippen LogP contribution is 2.35. The van der Waals surface area contributed by atoms with Crippen LogP contribution in [-0.2, 0) is 26.7 Å². The second-order valence-corrected chi connectivity index (χ2v) is 9.15. The standard InChI is InChI=1S/C29H27N3O5/c1-19(20-6-4-3-5-7-20)37-28(35)31-26-25(16-30-32(26)2)23-10-8-21(9-11-23)22-12-14-24(15-13-22)29(27(33)34)17-36-18-29/h3-16,19H,17-18H2,1-2H3,(H,31,35)(H,33,34). The molecule has 1 fully saturated rings. The molecule has 2 heterocycles. The number of aryl methyl sites for hydroxylation is 1. The van der Waals surface area contributed by atoms with E-state index < -0.39 is 23.6 Å². The van der Waals surface area contributed by atoms with Crippen molar-refractivity contribution >= 4 is 17.9 Å². The molecule has 3 aromatic carbocycles. The number of nitrogens with one attached hydrogen (secondary N) is 1. The second kappa shape index (κ2) is 9.91. The number of carbonyl (C=O) groups excluding carboxylic acids is 1. The Kier molecular flexibility index (Phi) is 6.50. The molecule has 0 saturated carbocycles. The monoisotopic (exact) mass is 497 g/mol. The Morgan fingerprint density at radius 2 is 1.57 bits per heavy atom. The molecular formula is C29H27N3O5. The Bertz CT molecular complexity index is 1410. The predicted octanol–water partition coefficient (Wildman–Crippen LogP) is 5.42. The minimum Gasteiger partial charge on any atom is -0.480 e. The van der Waals surface area contributed by atoms with Gasteiger partial charge in [-0.1, -0.05) is 78.9 Å². The SMILES string of the molecule is CC(OC(=O)Nc1c(-c2ccc(-c3ccc(C4(C(=O)O)COC4)cc3)cc2)cnn1C)c1ccccc1. The molecule has 5 rings (SSSR count). The summed E-state index contributed by atoms with van der Waals surface area (Å²) in [4.78, 5) is 24.3. The lowest BCUT2D eigenvalue weighted by atomic mass is 9.78. The number of benzene rings is 3. The molecule has 37 heavy (non-hydrogen) atoms. The highest BCUT2D eigenvalue weighted by molar-refractivity contribution is 5.90. The number of rotatable bonds is 7. The van der Waals surface area contributed by atoms with E-state index in [1.54, 1.807) is 17.9 Å². The summed E-state index contributed by atoms with van der Waals surface area (Å²) >= 11 is 0. The number of hydrogen-bond donors (Lipinski definition) is 2. The summed E-state index contributed by atoms with van der Waals surface area (Å²) in [5.41, 5.74) is 4.31. The van der Waals surface area contributed by atoms with Gasteiger partial charge in [0.2, 0.25) is 0 Å². The average Bonchev–Trinajstić information content (AvgIpc) is 3.24. The summed E-state index contributed by atoms with van der Waals surface area (Å²) < 4.78 is 12.3. The third-order valence-electron chi connectivity index (χ3n) is 6.79. The van der Waals surface area contributed by atoms with Gasteiger partial charge >= 0.3 is 12.1 Å². The number of aromatic nitrogens is 2. The molecule has 0 radical (unpaired) electrons. The summed E-state index contributed by atoms with van der Waals surface area (Å²) in [6.45, 7) is 2.21. The molecule has 2 N–H and O–H groups in total. The van der Waals surface area contributed by atoms with E-state index in [0.29, 0.717) is 5.82 Å². The molecule has 188 valence electrons. The molecule has 8 nitrogen and oxygen atoms in total. The number of amides is 1. The van der Waals surface area contributed by atoms with Crippen molar-refractivity contribution in [1.29, 1.82) is 0 Å². The van der Waals surface area contributed by atoms with Crippen LogP contribution in [0.15, 0.2) is 85.1 Å². The van der Waals surface area contributed by atoms with E-state index in [9.17, 15) is 14.7 Å². The minimum atomic E-state index is -0.952. The van der Waals surface area contributed by atoms with Crippen LogP contribution in [0.3, 0.4) is 0 Å². The fourth-order valence-corrected chi connectivity index (χ4v) is 4.42. The van der Waals surface area contributed by atoms with Gasteiger partial charge < -0.3 is 14.6 Å². The van der Waals surface area contributed by atoms with Crippen LogP contribution in [0.25, 0.3) is 22.3 Å². The lowest BCUT2D eigenvalue weighted by Gasteiger charge is -2.37. The number of carbonyl (C=O) groups is 2. The highest BCUT2D eigenvalue weighted by Gasteiger charge is 2.47. The van der Waals surface area contributed by atoms with Gasteiger partial charge in [0.05, 0.1) is 19.4 Å². The first kappa shape index (κ1) is 24.3. The Morgan fingerprint density at radius 3 is 2.14 bits per heavy atom. The Morgan fingerprint density at radius 1 is 0.973 bits per heavy atom. The molecule has 0 spiro atoms. The summed E-state index contributed by atoms with van der Waals surface area (Å²) in [7, 11) is 1.76. The molecule has 0 aliphatic carbocycles. The molecule has 4 aromatic rings. The molecule has 1 atom stereocenters. The van der Waals surface area contributed by atoms with E-state index in [-0.39, 0.29) is 13.2 Å². The molecular weight excluding hydrogens is 470 g/mol. The Hall–Kier alpha value is -4.43. The van der Waals surface area contributed by atoms with Gasteiger partial charge in [-0.25, -0.2) is 4.79 Å². The number of carboxylic acid groups (broad SMARTS) is 1. The molecule has 1 aliphatic rings. The third-order valence-corrected chi connectivity index (χ3v) is 6.79. The van der Waals surface area contributed by atoms with Crippen LogP contribution in [-0.4, -0.2) is 40.2 Å². The van der Waals surface area contributed by atoms with E-state index >= 15 is 0 Å². The number of ether oxygens (including phenoxy) is 2. The predicted molar refractivity (Wildman–Crippen MR) is 139 cm³/mol. The maximum absolute atomic E-state index is 12.6. The van der Waals surface area contributed by atoms with E-state index in [4.69, 9.17) is 9.47 Å². The van der Waals surface area contributed by atoms with E-state index in [1.807, 2.05) is 85.8 Å². The number of carboxylic acids is 1. The fourth-order valence-electron chi connectivity index (χ4n) is 4.42. The molecule has 8 heteroatoms. The van der Waals surface area contributed by atoms with Crippen molar-refractivity contribution in [2.75, 3.05) is 18.5 Å². The smallest absolute Gasteiger partial charge is 0.413 e. The molecule has 0 bridgehead atoms. The van der Waals surface area contributed by atoms with Gasteiger partial charge in [-0.3, -0.25) is 14.8 Å². The summed E-state index contributed by atoms with van der Waals surface area (Å²) in [6.07, 6.45) is 0.742. The third kappa shape index (κ3) is 4.71. The Labute approximate surface area is 214 Å². The maximum Gasteiger partial charge on any atom is 0.413 e. The zero-order valence-corrected chi connectivity index (χ0v) is 20.5. The van der Waals surface area contributed by atoms with Crippen LogP contribution in [0.2, 0.25) is 0 Å². The van der Waals surface area contributed by atoms with Crippen molar-refractivity contribution in [3.63, 3.8) is 0 Å². The van der Waals surface area contributed by atoms with E-state index in [2.05, 4.69) is 10.4 Å².